The molecule has 5 rings (SSSR count). The Morgan fingerprint density at radius 1 is 1.21 bits per heavy atom. The topological polar surface area (TPSA) is 94.7 Å². The van der Waals surface area contributed by atoms with Gasteiger partial charge in [-0.2, -0.15) is 5.26 Å². The Labute approximate surface area is 226 Å². The molecule has 0 bridgehead atoms. The molecule has 2 saturated heterocycles. The van der Waals surface area contributed by atoms with Gasteiger partial charge in [0.2, 0.25) is 5.91 Å². The standard InChI is InChI=1S/C28H31ClN6O3/c1-32(15-20-2-3-22(14-30)25(29)12-20)27(36)17-35-19-31-26-5-4-23(13-24(26)28(35)37)34-9-7-33(8-10-34)16-21-6-11-38-18-21/h2-5,12-13,19,21H,6-11,15-18H2,1H3. The van der Waals surface area contributed by atoms with Crippen molar-refractivity contribution in [2.45, 2.75) is 19.5 Å². The number of fused-ring (bicyclic) bond motifs is 1. The molecule has 10 heteroatoms. The maximum atomic E-state index is 13.3. The van der Waals surface area contributed by atoms with Crippen molar-refractivity contribution >= 4 is 34.1 Å². The third kappa shape index (κ3) is 5.83. The molecule has 3 heterocycles. The van der Waals surface area contributed by atoms with E-state index in [1.807, 2.05) is 24.3 Å². The molecule has 0 radical (unpaired) electrons. The Bertz CT molecular complexity index is 1420. The first-order valence-corrected chi connectivity index (χ1v) is 13.3. The largest absolute Gasteiger partial charge is 0.381 e. The summed E-state index contributed by atoms with van der Waals surface area (Å²) in [6.07, 6.45) is 2.58. The van der Waals surface area contributed by atoms with Crippen molar-refractivity contribution in [2.75, 3.05) is 57.9 Å². The fourth-order valence-electron chi connectivity index (χ4n) is 5.11. The highest BCUT2D eigenvalue weighted by molar-refractivity contribution is 6.31. The van der Waals surface area contributed by atoms with Gasteiger partial charge in [0.1, 0.15) is 12.6 Å². The number of hydrogen-bond donors (Lipinski definition) is 0. The maximum absolute atomic E-state index is 13.3. The van der Waals surface area contributed by atoms with E-state index in [4.69, 9.17) is 21.6 Å². The van der Waals surface area contributed by atoms with Gasteiger partial charge < -0.3 is 14.5 Å². The van der Waals surface area contributed by atoms with E-state index in [1.54, 1.807) is 25.2 Å². The molecule has 198 valence electrons. The summed E-state index contributed by atoms with van der Waals surface area (Å²) >= 11 is 6.12. The zero-order chi connectivity index (χ0) is 26.6. The summed E-state index contributed by atoms with van der Waals surface area (Å²) in [5, 5.41) is 9.90. The Morgan fingerprint density at radius 3 is 2.74 bits per heavy atom. The molecule has 2 aliphatic rings. The lowest BCUT2D eigenvalue weighted by molar-refractivity contribution is -0.131. The van der Waals surface area contributed by atoms with Gasteiger partial charge in [-0.25, -0.2) is 4.98 Å². The lowest BCUT2D eigenvalue weighted by Crippen LogP contribution is -2.47. The molecule has 9 nitrogen and oxygen atoms in total. The molecule has 0 aliphatic carbocycles. The second-order valence-electron chi connectivity index (χ2n) is 10.1. The first-order chi connectivity index (χ1) is 18.4. The molecule has 2 aliphatic heterocycles. The summed E-state index contributed by atoms with van der Waals surface area (Å²) in [4.78, 5) is 37.0. The van der Waals surface area contributed by atoms with Crippen LogP contribution in [-0.4, -0.2) is 78.2 Å². The predicted molar refractivity (Wildman–Crippen MR) is 146 cm³/mol. The van der Waals surface area contributed by atoms with Crippen LogP contribution in [-0.2, 0) is 22.6 Å². The molecule has 0 spiro atoms. The van der Waals surface area contributed by atoms with Crippen molar-refractivity contribution in [3.63, 3.8) is 0 Å². The highest BCUT2D eigenvalue weighted by Gasteiger charge is 2.23. The van der Waals surface area contributed by atoms with Gasteiger partial charge in [0, 0.05) is 58.6 Å². The van der Waals surface area contributed by atoms with E-state index in [0.29, 0.717) is 34.0 Å². The van der Waals surface area contributed by atoms with Crippen molar-refractivity contribution < 1.29 is 9.53 Å². The van der Waals surface area contributed by atoms with E-state index in [0.717, 1.165) is 63.6 Å². The highest BCUT2D eigenvalue weighted by atomic mass is 35.5. The summed E-state index contributed by atoms with van der Waals surface area (Å²) in [5.41, 5.74) is 2.57. The van der Waals surface area contributed by atoms with Crippen LogP contribution in [0, 0.1) is 17.2 Å². The van der Waals surface area contributed by atoms with Gasteiger partial charge in [0.05, 0.1) is 34.4 Å². The summed E-state index contributed by atoms with van der Waals surface area (Å²) in [6.45, 7) is 6.79. The third-order valence-electron chi connectivity index (χ3n) is 7.39. The van der Waals surface area contributed by atoms with E-state index >= 15 is 0 Å². The first-order valence-electron chi connectivity index (χ1n) is 12.9. The minimum atomic E-state index is -0.236. The number of ether oxygens (including phenoxy) is 1. The van der Waals surface area contributed by atoms with Crippen LogP contribution in [0.15, 0.2) is 47.5 Å². The molecule has 2 aromatic carbocycles. The lowest BCUT2D eigenvalue weighted by Gasteiger charge is -2.37. The molecular weight excluding hydrogens is 504 g/mol. The summed E-state index contributed by atoms with van der Waals surface area (Å²) in [6, 6.07) is 12.9. The number of amides is 1. The molecular formula is C28H31ClN6O3. The molecule has 1 amide bonds. The highest BCUT2D eigenvalue weighted by Crippen LogP contribution is 2.22. The van der Waals surface area contributed by atoms with Crippen molar-refractivity contribution in [1.29, 1.82) is 5.26 Å². The van der Waals surface area contributed by atoms with Crippen LogP contribution in [0.5, 0.6) is 0 Å². The Hall–Kier alpha value is -3.45. The van der Waals surface area contributed by atoms with E-state index in [-0.39, 0.29) is 18.0 Å². The second kappa shape index (κ2) is 11.5. The van der Waals surface area contributed by atoms with Crippen molar-refractivity contribution in [3.8, 4) is 6.07 Å². The monoisotopic (exact) mass is 534 g/mol. The number of hydrogen-bond acceptors (Lipinski definition) is 7. The summed E-state index contributed by atoms with van der Waals surface area (Å²) in [7, 11) is 1.67. The molecule has 1 aromatic heterocycles. The molecule has 0 saturated carbocycles. The fraction of sp³-hybridized carbons (Fsp3) is 0.429. The lowest BCUT2D eigenvalue weighted by atomic mass is 10.1. The van der Waals surface area contributed by atoms with Gasteiger partial charge >= 0.3 is 0 Å². The minimum absolute atomic E-state index is 0.115. The van der Waals surface area contributed by atoms with Crippen LogP contribution >= 0.6 is 11.6 Å². The smallest absolute Gasteiger partial charge is 0.261 e. The van der Waals surface area contributed by atoms with Gasteiger partial charge in [0.25, 0.3) is 5.56 Å². The Kier molecular flexibility index (Phi) is 7.93. The van der Waals surface area contributed by atoms with Crippen LogP contribution in [0.3, 0.4) is 0 Å². The van der Waals surface area contributed by atoms with Crippen molar-refractivity contribution in [3.05, 3.63) is 69.2 Å². The van der Waals surface area contributed by atoms with Gasteiger partial charge in [-0.3, -0.25) is 19.1 Å². The number of halogens is 1. The van der Waals surface area contributed by atoms with Crippen LogP contribution in [0.1, 0.15) is 17.5 Å². The number of aromatic nitrogens is 2. The maximum Gasteiger partial charge on any atom is 0.261 e. The number of nitriles is 1. The number of likely N-dealkylation sites (N-methyl/N-ethyl adjacent to an activating group) is 1. The van der Waals surface area contributed by atoms with E-state index in [2.05, 4.69) is 14.8 Å². The minimum Gasteiger partial charge on any atom is -0.381 e. The van der Waals surface area contributed by atoms with Crippen LogP contribution in [0.2, 0.25) is 5.02 Å². The third-order valence-corrected chi connectivity index (χ3v) is 7.70. The number of benzene rings is 2. The number of piperazine rings is 1. The summed E-state index contributed by atoms with van der Waals surface area (Å²) < 4.78 is 6.87. The van der Waals surface area contributed by atoms with Gasteiger partial charge in [-0.05, 0) is 48.2 Å². The van der Waals surface area contributed by atoms with Gasteiger partial charge in [0.15, 0.2) is 0 Å². The van der Waals surface area contributed by atoms with Gasteiger partial charge in [-0.1, -0.05) is 17.7 Å². The quantitative estimate of drug-likeness (QED) is 0.460. The number of anilines is 1. The van der Waals surface area contributed by atoms with Crippen LogP contribution in [0.4, 0.5) is 5.69 Å². The molecule has 2 fully saturated rings. The van der Waals surface area contributed by atoms with Crippen LogP contribution in [0.25, 0.3) is 10.9 Å². The normalized spacial score (nSPS) is 18.0. The average molecular weight is 535 g/mol. The number of carbonyl (C=O) groups is 1. The van der Waals surface area contributed by atoms with E-state index in [9.17, 15) is 9.59 Å². The number of carbonyl (C=O) groups excluding carboxylic acids is 1. The predicted octanol–water partition coefficient (Wildman–Crippen LogP) is 2.74. The van der Waals surface area contributed by atoms with Crippen molar-refractivity contribution in [1.82, 2.24) is 19.4 Å². The second-order valence-corrected chi connectivity index (χ2v) is 10.5. The molecule has 3 aromatic rings. The zero-order valence-electron chi connectivity index (χ0n) is 21.5. The molecule has 38 heavy (non-hydrogen) atoms. The number of rotatable bonds is 7. The van der Waals surface area contributed by atoms with E-state index in [1.165, 1.54) is 15.8 Å². The molecule has 0 N–H and O–H groups in total. The first kappa shape index (κ1) is 26.2. The average Bonchev–Trinajstić information content (AvgIpc) is 3.44. The Balaban J connectivity index is 1.24. The summed E-state index contributed by atoms with van der Waals surface area (Å²) in [5.74, 6) is 0.407. The van der Waals surface area contributed by atoms with Crippen molar-refractivity contribution in [2.24, 2.45) is 5.92 Å². The molecule has 1 unspecified atom stereocenters. The SMILES string of the molecule is CN(Cc1ccc(C#N)c(Cl)c1)C(=O)Cn1cnc2ccc(N3CCN(CC4CCOC4)CC3)cc2c1=O. The number of nitrogens with zero attached hydrogens (tertiary/aromatic N) is 6. The fourth-order valence-corrected chi connectivity index (χ4v) is 5.36. The molecule has 1 atom stereocenters. The zero-order valence-corrected chi connectivity index (χ0v) is 22.2. The van der Waals surface area contributed by atoms with E-state index < -0.39 is 0 Å². The van der Waals surface area contributed by atoms with Crippen LogP contribution < -0.4 is 10.5 Å². The Morgan fingerprint density at radius 2 is 2.03 bits per heavy atom. The van der Waals surface area contributed by atoms with Gasteiger partial charge in [-0.15, -0.1) is 0 Å².